The van der Waals surface area contributed by atoms with Crippen LogP contribution < -0.4 is 16.0 Å². The van der Waals surface area contributed by atoms with Gasteiger partial charge in [0.2, 0.25) is 0 Å². The molecule has 2 aromatic carbocycles. The maximum absolute atomic E-state index is 12.6. The molecule has 6 nitrogen and oxygen atoms in total. The highest BCUT2D eigenvalue weighted by atomic mass is 16.2. The average molecular weight is 349 g/mol. The highest BCUT2D eigenvalue weighted by Crippen LogP contribution is 2.27. The zero-order chi connectivity index (χ0) is 18.3. The fourth-order valence-electron chi connectivity index (χ4n) is 3.57. The van der Waals surface area contributed by atoms with Crippen molar-refractivity contribution in [2.24, 2.45) is 0 Å². The Kier molecular flexibility index (Phi) is 3.76. The topological polar surface area (TPSA) is 87.3 Å². The van der Waals surface area contributed by atoms with Crippen molar-refractivity contribution in [3.63, 3.8) is 0 Å². The molecular formula is C20H19N3O3. The Morgan fingerprint density at radius 3 is 2.65 bits per heavy atom. The summed E-state index contributed by atoms with van der Waals surface area (Å²) in [5, 5.41) is 7.74. The van der Waals surface area contributed by atoms with Crippen LogP contribution in [0.1, 0.15) is 40.4 Å². The van der Waals surface area contributed by atoms with Gasteiger partial charge in [-0.1, -0.05) is 18.2 Å². The van der Waals surface area contributed by atoms with Gasteiger partial charge in [0.05, 0.1) is 0 Å². The summed E-state index contributed by atoms with van der Waals surface area (Å²) in [5.74, 6) is -0.605. The van der Waals surface area contributed by atoms with E-state index in [-0.39, 0.29) is 5.91 Å². The van der Waals surface area contributed by atoms with Crippen LogP contribution in [0, 0.1) is 0 Å². The van der Waals surface area contributed by atoms with Gasteiger partial charge in [0.1, 0.15) is 5.54 Å². The van der Waals surface area contributed by atoms with Crippen LogP contribution in [0.3, 0.4) is 0 Å². The van der Waals surface area contributed by atoms with Crippen LogP contribution in [0.25, 0.3) is 0 Å². The largest absolute Gasteiger partial charge is 0.322 e. The van der Waals surface area contributed by atoms with Crippen LogP contribution in [-0.2, 0) is 23.2 Å². The molecule has 4 rings (SSSR count). The second kappa shape index (κ2) is 5.98. The van der Waals surface area contributed by atoms with Gasteiger partial charge in [0, 0.05) is 11.3 Å². The first-order valence-electron chi connectivity index (χ1n) is 8.63. The van der Waals surface area contributed by atoms with E-state index in [1.807, 2.05) is 18.2 Å². The lowest BCUT2D eigenvalue weighted by Crippen LogP contribution is -2.40. The van der Waals surface area contributed by atoms with Crippen molar-refractivity contribution in [3.05, 3.63) is 64.7 Å². The Morgan fingerprint density at radius 2 is 1.88 bits per heavy atom. The first-order valence-corrected chi connectivity index (χ1v) is 8.63. The van der Waals surface area contributed by atoms with E-state index in [0.717, 1.165) is 19.3 Å². The van der Waals surface area contributed by atoms with E-state index in [0.29, 0.717) is 16.8 Å². The lowest BCUT2D eigenvalue weighted by molar-refractivity contribution is -0.123. The van der Waals surface area contributed by atoms with Gasteiger partial charge in [-0.05, 0) is 67.1 Å². The molecule has 2 aliphatic rings. The Morgan fingerprint density at radius 1 is 1.08 bits per heavy atom. The molecule has 1 atom stereocenters. The minimum atomic E-state index is -1.15. The van der Waals surface area contributed by atoms with Crippen LogP contribution in [0.5, 0.6) is 0 Å². The molecule has 1 heterocycles. The molecule has 1 saturated heterocycles. The number of hydrogen-bond acceptors (Lipinski definition) is 3. The smallest absolute Gasteiger partial charge is 0.322 e. The van der Waals surface area contributed by atoms with Crippen molar-refractivity contribution in [3.8, 4) is 0 Å². The molecule has 6 heteroatoms. The van der Waals surface area contributed by atoms with E-state index in [2.05, 4.69) is 16.0 Å². The van der Waals surface area contributed by atoms with E-state index in [4.69, 9.17) is 0 Å². The highest BCUT2D eigenvalue weighted by molar-refractivity contribution is 6.07. The summed E-state index contributed by atoms with van der Waals surface area (Å²) in [4.78, 5) is 36.1. The maximum Gasteiger partial charge on any atom is 0.322 e. The van der Waals surface area contributed by atoms with Crippen molar-refractivity contribution in [2.75, 3.05) is 5.32 Å². The Labute approximate surface area is 151 Å². The molecule has 2 aromatic rings. The quantitative estimate of drug-likeness (QED) is 0.744. The van der Waals surface area contributed by atoms with E-state index in [1.165, 1.54) is 11.1 Å². The minimum absolute atomic E-state index is 0.193. The van der Waals surface area contributed by atoms with Gasteiger partial charge in [0.15, 0.2) is 0 Å². The van der Waals surface area contributed by atoms with E-state index in [1.54, 1.807) is 31.2 Å². The predicted molar refractivity (Wildman–Crippen MR) is 96.9 cm³/mol. The molecule has 3 N–H and O–H groups in total. The molecule has 0 spiro atoms. The summed E-state index contributed by atoms with van der Waals surface area (Å²) < 4.78 is 0. The first-order chi connectivity index (χ1) is 12.5. The average Bonchev–Trinajstić information content (AvgIpc) is 3.19. The van der Waals surface area contributed by atoms with Gasteiger partial charge in [0.25, 0.3) is 11.8 Å². The zero-order valence-corrected chi connectivity index (χ0v) is 14.4. The summed E-state index contributed by atoms with van der Waals surface area (Å²) in [6, 6.07) is 12.2. The van der Waals surface area contributed by atoms with E-state index < -0.39 is 17.5 Å². The van der Waals surface area contributed by atoms with E-state index in [9.17, 15) is 14.4 Å². The van der Waals surface area contributed by atoms with Gasteiger partial charge in [-0.15, -0.1) is 0 Å². The number of fused-ring (bicyclic) bond motifs is 1. The third-order valence-electron chi connectivity index (χ3n) is 5.10. The number of imide groups is 1. The maximum atomic E-state index is 12.6. The van der Waals surface area contributed by atoms with Crippen LogP contribution in [0.15, 0.2) is 42.5 Å². The van der Waals surface area contributed by atoms with Crippen molar-refractivity contribution < 1.29 is 14.4 Å². The van der Waals surface area contributed by atoms with Crippen molar-refractivity contribution in [1.29, 1.82) is 0 Å². The van der Waals surface area contributed by atoms with Gasteiger partial charge < -0.3 is 10.6 Å². The third-order valence-corrected chi connectivity index (χ3v) is 5.10. The molecule has 1 unspecified atom stereocenters. The Bertz CT molecular complexity index is 938. The number of anilines is 1. The van der Waals surface area contributed by atoms with Crippen LogP contribution >= 0.6 is 0 Å². The molecule has 4 amide bonds. The minimum Gasteiger partial charge on any atom is -0.322 e. The first kappa shape index (κ1) is 16.3. The SMILES string of the molecule is CC1(c2cccc(NC(=O)c3ccc4c(c3)CCC4)c2)NC(=O)NC1=O. The van der Waals surface area contributed by atoms with Gasteiger partial charge >= 0.3 is 6.03 Å². The van der Waals surface area contributed by atoms with Gasteiger partial charge in [-0.3, -0.25) is 14.9 Å². The molecule has 0 saturated carbocycles. The highest BCUT2D eigenvalue weighted by Gasteiger charge is 2.43. The van der Waals surface area contributed by atoms with Crippen molar-refractivity contribution in [1.82, 2.24) is 10.6 Å². The second-order valence-electron chi connectivity index (χ2n) is 6.91. The molecule has 132 valence electrons. The standard InChI is InChI=1S/C20H19N3O3/c1-20(18(25)22-19(26)23-20)15-6-3-7-16(11-15)21-17(24)14-9-8-12-4-2-5-13(12)10-14/h3,6-11H,2,4-5H2,1H3,(H,21,24)(H2,22,23,25,26). The number of urea groups is 1. The molecule has 1 aliphatic heterocycles. The summed E-state index contributed by atoms with van der Waals surface area (Å²) in [6.45, 7) is 1.63. The normalized spacial score (nSPS) is 21.1. The van der Waals surface area contributed by atoms with Crippen LogP contribution in [0.2, 0.25) is 0 Å². The van der Waals surface area contributed by atoms with Gasteiger partial charge in [-0.25, -0.2) is 4.79 Å². The Balaban J connectivity index is 1.57. The molecule has 26 heavy (non-hydrogen) atoms. The molecular weight excluding hydrogens is 330 g/mol. The Hall–Kier alpha value is -3.15. The second-order valence-corrected chi connectivity index (χ2v) is 6.91. The number of nitrogens with one attached hydrogen (secondary N) is 3. The number of aryl methyl sites for hydroxylation is 2. The molecule has 0 radical (unpaired) electrons. The van der Waals surface area contributed by atoms with Gasteiger partial charge in [-0.2, -0.15) is 0 Å². The zero-order valence-electron chi connectivity index (χ0n) is 14.4. The fourth-order valence-corrected chi connectivity index (χ4v) is 3.57. The van der Waals surface area contributed by atoms with Crippen molar-refractivity contribution >= 4 is 23.5 Å². The number of carbonyl (C=O) groups excluding carboxylic acids is 3. The molecule has 1 aliphatic carbocycles. The number of hydrogen-bond donors (Lipinski definition) is 3. The third kappa shape index (κ3) is 2.73. The predicted octanol–water partition coefficient (Wildman–Crippen LogP) is 2.48. The lowest BCUT2D eigenvalue weighted by Gasteiger charge is -2.21. The molecule has 1 fully saturated rings. The van der Waals surface area contributed by atoms with E-state index >= 15 is 0 Å². The fraction of sp³-hybridized carbons (Fsp3) is 0.250. The number of benzene rings is 2. The number of rotatable bonds is 3. The molecule has 0 aromatic heterocycles. The van der Waals surface area contributed by atoms with Crippen LogP contribution in [0.4, 0.5) is 10.5 Å². The summed E-state index contributed by atoms with van der Waals surface area (Å²) in [6.07, 6.45) is 3.22. The summed E-state index contributed by atoms with van der Waals surface area (Å²) >= 11 is 0. The monoisotopic (exact) mass is 349 g/mol. The van der Waals surface area contributed by atoms with Crippen molar-refractivity contribution in [2.45, 2.75) is 31.7 Å². The number of carbonyl (C=O) groups is 3. The summed E-state index contributed by atoms with van der Waals surface area (Å²) in [5.41, 5.74) is 3.21. The summed E-state index contributed by atoms with van der Waals surface area (Å²) in [7, 11) is 0. The molecule has 0 bridgehead atoms. The van der Waals surface area contributed by atoms with Crippen LogP contribution in [-0.4, -0.2) is 17.8 Å². The lowest BCUT2D eigenvalue weighted by atomic mass is 9.92. The number of amides is 4.